The first-order valence-corrected chi connectivity index (χ1v) is 3.62. The third-order valence-corrected chi connectivity index (χ3v) is 2.00. The lowest BCUT2D eigenvalue weighted by atomic mass is 10.2. The zero-order chi connectivity index (χ0) is 8.72. The molecule has 0 saturated carbocycles. The van der Waals surface area contributed by atoms with E-state index in [1.165, 1.54) is 4.90 Å². The van der Waals surface area contributed by atoms with Crippen molar-refractivity contribution in [2.75, 3.05) is 7.05 Å². The van der Waals surface area contributed by atoms with Gasteiger partial charge in [0.05, 0.1) is 5.56 Å². The Balaban J connectivity index is 2.59. The molecular formula is C8H8N2O2. The highest BCUT2D eigenvalue weighted by molar-refractivity contribution is 5.98. The predicted molar refractivity (Wildman–Crippen MR) is 41.3 cm³/mol. The smallest absolute Gasteiger partial charge is 0.257 e. The monoisotopic (exact) mass is 164 g/mol. The van der Waals surface area contributed by atoms with Crippen molar-refractivity contribution in [2.45, 2.75) is 6.23 Å². The number of aliphatic hydroxyl groups is 1. The van der Waals surface area contributed by atoms with Crippen molar-refractivity contribution in [3.8, 4) is 0 Å². The number of aromatic nitrogens is 1. The summed E-state index contributed by atoms with van der Waals surface area (Å²) in [5.41, 5.74) is 0.942. The molecule has 1 aromatic rings. The van der Waals surface area contributed by atoms with Gasteiger partial charge in [0.25, 0.3) is 5.91 Å². The van der Waals surface area contributed by atoms with Crippen molar-refractivity contribution < 1.29 is 9.90 Å². The summed E-state index contributed by atoms with van der Waals surface area (Å²) >= 11 is 0. The van der Waals surface area contributed by atoms with Crippen molar-refractivity contribution >= 4 is 5.91 Å². The third kappa shape index (κ3) is 0.753. The van der Waals surface area contributed by atoms with Crippen LogP contribution >= 0.6 is 0 Å². The summed E-state index contributed by atoms with van der Waals surface area (Å²) in [4.78, 5) is 16.5. The Morgan fingerprint density at radius 1 is 1.67 bits per heavy atom. The second kappa shape index (κ2) is 2.28. The first kappa shape index (κ1) is 7.24. The maximum atomic E-state index is 11.3. The summed E-state index contributed by atoms with van der Waals surface area (Å²) in [7, 11) is 1.55. The number of amides is 1. The predicted octanol–water partition coefficient (Wildman–Crippen LogP) is 0.158. The molecule has 4 heteroatoms. The van der Waals surface area contributed by atoms with E-state index in [9.17, 15) is 9.90 Å². The van der Waals surface area contributed by atoms with Crippen LogP contribution in [0.15, 0.2) is 18.3 Å². The molecule has 1 aromatic heterocycles. The molecule has 4 nitrogen and oxygen atoms in total. The Bertz CT molecular complexity index is 338. The third-order valence-electron chi connectivity index (χ3n) is 2.00. The number of carbonyl (C=O) groups excluding carboxylic acids is 1. The van der Waals surface area contributed by atoms with Crippen LogP contribution in [0, 0.1) is 0 Å². The highest BCUT2D eigenvalue weighted by atomic mass is 16.3. The lowest BCUT2D eigenvalue weighted by Gasteiger charge is -2.12. The number of carbonyl (C=O) groups is 1. The van der Waals surface area contributed by atoms with Gasteiger partial charge >= 0.3 is 0 Å². The molecule has 1 unspecified atom stereocenters. The molecule has 2 rings (SSSR count). The van der Waals surface area contributed by atoms with Gasteiger partial charge in [-0.05, 0) is 12.1 Å². The molecule has 1 aliphatic rings. The van der Waals surface area contributed by atoms with Crippen molar-refractivity contribution in [2.24, 2.45) is 0 Å². The fraction of sp³-hybridized carbons (Fsp3) is 0.250. The molecule has 0 saturated heterocycles. The van der Waals surface area contributed by atoms with E-state index in [2.05, 4.69) is 4.98 Å². The second-order valence-electron chi connectivity index (χ2n) is 2.73. The van der Waals surface area contributed by atoms with Crippen LogP contribution in [0.25, 0.3) is 0 Å². The average Bonchev–Trinajstić information content (AvgIpc) is 2.33. The summed E-state index contributed by atoms with van der Waals surface area (Å²) < 4.78 is 0. The molecule has 0 aliphatic carbocycles. The van der Waals surface area contributed by atoms with Gasteiger partial charge in [0.1, 0.15) is 5.69 Å². The molecule has 2 heterocycles. The van der Waals surface area contributed by atoms with E-state index in [0.717, 1.165) is 0 Å². The molecule has 1 atom stereocenters. The van der Waals surface area contributed by atoms with Gasteiger partial charge in [-0.3, -0.25) is 9.78 Å². The molecular weight excluding hydrogens is 156 g/mol. The largest absolute Gasteiger partial charge is 0.368 e. The lowest BCUT2D eigenvalue weighted by molar-refractivity contribution is 0.0285. The molecule has 1 aliphatic heterocycles. The summed E-state index contributed by atoms with van der Waals surface area (Å²) in [5.74, 6) is -0.175. The highest BCUT2D eigenvalue weighted by Gasteiger charge is 2.33. The summed E-state index contributed by atoms with van der Waals surface area (Å²) in [6.45, 7) is 0. The molecule has 1 amide bonds. The number of aliphatic hydroxyl groups excluding tert-OH is 1. The first-order chi connectivity index (χ1) is 5.72. The second-order valence-corrected chi connectivity index (χ2v) is 2.73. The number of nitrogens with zero attached hydrogens (tertiary/aromatic N) is 2. The quantitative estimate of drug-likeness (QED) is 0.594. The van der Waals surface area contributed by atoms with Crippen molar-refractivity contribution in [1.29, 1.82) is 0 Å². The summed E-state index contributed by atoms with van der Waals surface area (Å²) in [5, 5.41) is 9.46. The van der Waals surface area contributed by atoms with Crippen LogP contribution in [0.4, 0.5) is 0 Å². The van der Waals surface area contributed by atoms with Crippen LogP contribution in [-0.2, 0) is 0 Å². The molecule has 0 fully saturated rings. The zero-order valence-electron chi connectivity index (χ0n) is 6.56. The Morgan fingerprint density at radius 3 is 3.08 bits per heavy atom. The fourth-order valence-electron chi connectivity index (χ4n) is 1.29. The number of rotatable bonds is 0. The van der Waals surface area contributed by atoms with E-state index in [4.69, 9.17) is 0 Å². The minimum atomic E-state index is -0.881. The summed E-state index contributed by atoms with van der Waals surface area (Å²) in [6, 6.07) is 3.35. The SMILES string of the molecule is CN1C(=O)c2cccnc2C1O. The lowest BCUT2D eigenvalue weighted by Crippen LogP contribution is -2.22. The first-order valence-electron chi connectivity index (χ1n) is 3.62. The highest BCUT2D eigenvalue weighted by Crippen LogP contribution is 2.27. The fourth-order valence-corrected chi connectivity index (χ4v) is 1.29. The molecule has 0 bridgehead atoms. The van der Waals surface area contributed by atoms with Crippen molar-refractivity contribution in [3.05, 3.63) is 29.6 Å². The normalized spacial score (nSPS) is 21.3. The van der Waals surface area contributed by atoms with E-state index in [0.29, 0.717) is 11.3 Å². The van der Waals surface area contributed by atoms with Gasteiger partial charge in [0.2, 0.25) is 0 Å². The van der Waals surface area contributed by atoms with Gasteiger partial charge in [-0.25, -0.2) is 0 Å². The summed E-state index contributed by atoms with van der Waals surface area (Å²) in [6.07, 6.45) is 0.683. The van der Waals surface area contributed by atoms with E-state index in [-0.39, 0.29) is 5.91 Å². The number of hydrogen-bond donors (Lipinski definition) is 1. The van der Waals surface area contributed by atoms with Crippen molar-refractivity contribution in [3.63, 3.8) is 0 Å². The molecule has 12 heavy (non-hydrogen) atoms. The minimum Gasteiger partial charge on any atom is -0.368 e. The van der Waals surface area contributed by atoms with Gasteiger partial charge < -0.3 is 10.0 Å². The van der Waals surface area contributed by atoms with Crippen LogP contribution in [0.1, 0.15) is 22.3 Å². The standard InChI is InChI=1S/C8H8N2O2/c1-10-7(11)5-3-2-4-9-6(5)8(10)12/h2-4,8,12H,1H3. The average molecular weight is 164 g/mol. The van der Waals surface area contributed by atoms with Gasteiger partial charge in [0.15, 0.2) is 6.23 Å². The Kier molecular flexibility index (Phi) is 1.38. The van der Waals surface area contributed by atoms with Crippen LogP contribution in [-0.4, -0.2) is 27.9 Å². The molecule has 0 aromatic carbocycles. The molecule has 0 spiro atoms. The van der Waals surface area contributed by atoms with Gasteiger partial charge in [-0.15, -0.1) is 0 Å². The number of hydrogen-bond acceptors (Lipinski definition) is 3. The van der Waals surface area contributed by atoms with Gasteiger partial charge in [-0.1, -0.05) is 0 Å². The maximum absolute atomic E-state index is 11.3. The van der Waals surface area contributed by atoms with Crippen LogP contribution in [0.5, 0.6) is 0 Å². The van der Waals surface area contributed by atoms with E-state index in [1.807, 2.05) is 0 Å². The van der Waals surface area contributed by atoms with E-state index >= 15 is 0 Å². The Morgan fingerprint density at radius 2 is 2.42 bits per heavy atom. The molecule has 1 N–H and O–H groups in total. The van der Waals surface area contributed by atoms with Crippen LogP contribution in [0.2, 0.25) is 0 Å². The number of fused-ring (bicyclic) bond motifs is 1. The topological polar surface area (TPSA) is 53.4 Å². The minimum absolute atomic E-state index is 0.175. The van der Waals surface area contributed by atoms with Crippen LogP contribution < -0.4 is 0 Å². The van der Waals surface area contributed by atoms with Gasteiger partial charge in [0, 0.05) is 13.2 Å². The number of pyridine rings is 1. The zero-order valence-corrected chi connectivity index (χ0v) is 6.56. The van der Waals surface area contributed by atoms with E-state index < -0.39 is 6.23 Å². The van der Waals surface area contributed by atoms with Crippen LogP contribution in [0.3, 0.4) is 0 Å². The van der Waals surface area contributed by atoms with E-state index in [1.54, 1.807) is 25.4 Å². The van der Waals surface area contributed by atoms with Gasteiger partial charge in [-0.2, -0.15) is 0 Å². The molecule has 0 radical (unpaired) electrons. The Hall–Kier alpha value is -1.42. The van der Waals surface area contributed by atoms with Crippen molar-refractivity contribution in [1.82, 2.24) is 9.88 Å². The maximum Gasteiger partial charge on any atom is 0.257 e. The Labute approximate surface area is 69.5 Å². The molecule has 62 valence electrons.